The second-order valence-electron chi connectivity index (χ2n) is 8.79. The minimum atomic E-state index is -4.77. The molecular weight excluding hydrogens is 536 g/mol. The maximum atomic E-state index is 14.3. The average Bonchev–Trinajstić information content (AvgIpc) is 3.34. The van der Waals surface area contributed by atoms with Crippen LogP contribution in [-0.2, 0) is 0 Å². The molecule has 204 valence electrons. The van der Waals surface area contributed by atoms with Gasteiger partial charge in [-0.05, 0) is 78.3 Å². The summed E-state index contributed by atoms with van der Waals surface area (Å²) in [6.07, 6.45) is -0.678. The van der Waals surface area contributed by atoms with Crippen LogP contribution in [0.4, 0.5) is 28.0 Å². The van der Waals surface area contributed by atoms with E-state index in [1.54, 1.807) is 36.4 Å². The first-order valence-electron chi connectivity index (χ1n) is 11.8. The zero-order chi connectivity index (χ0) is 28.2. The normalized spacial score (nSPS) is 15.3. The third-order valence-electron chi connectivity index (χ3n) is 5.60. The van der Waals surface area contributed by atoms with Crippen molar-refractivity contribution in [3.63, 3.8) is 0 Å². The Morgan fingerprint density at radius 1 is 1.10 bits per heavy atom. The van der Waals surface area contributed by atoms with E-state index < -0.39 is 18.6 Å². The number of nitrogens with zero attached hydrogens (tertiary/aromatic N) is 3. The molecule has 13 heteroatoms. The highest BCUT2D eigenvalue weighted by Crippen LogP contribution is 2.27. The van der Waals surface area contributed by atoms with Gasteiger partial charge in [-0.15, -0.1) is 18.3 Å². The fraction of sp³-hybridized carbons (Fsp3) is 0.231. The van der Waals surface area contributed by atoms with Crippen LogP contribution in [0.15, 0.2) is 78.3 Å². The van der Waals surface area contributed by atoms with Crippen LogP contribution in [0.3, 0.4) is 0 Å². The average molecular weight is 561 g/mol. The quantitative estimate of drug-likeness (QED) is 0.252. The smallest absolute Gasteiger partial charge is 0.406 e. The van der Waals surface area contributed by atoms with Crippen molar-refractivity contribution in [3.05, 3.63) is 78.3 Å². The molecule has 0 spiro atoms. The van der Waals surface area contributed by atoms with E-state index in [4.69, 9.17) is 12.2 Å². The minimum absolute atomic E-state index is 0.0260. The number of rotatable bonds is 6. The molecule has 2 amide bonds. The van der Waals surface area contributed by atoms with Crippen molar-refractivity contribution in [1.29, 1.82) is 0 Å². The number of nitrogens with one attached hydrogen (secondary N) is 3. The second kappa shape index (κ2) is 11.6. The second-order valence-corrected chi connectivity index (χ2v) is 9.20. The Labute approximate surface area is 226 Å². The summed E-state index contributed by atoms with van der Waals surface area (Å²) in [5.74, 6) is 0.00158. The number of ether oxygens (including phenoxy) is 1. The maximum absolute atomic E-state index is 14.3. The molecule has 3 N–H and O–H groups in total. The first-order valence-corrected chi connectivity index (χ1v) is 12.2. The lowest BCUT2D eigenvalue weighted by molar-refractivity contribution is -0.274. The van der Waals surface area contributed by atoms with Crippen LogP contribution >= 0.6 is 12.2 Å². The van der Waals surface area contributed by atoms with Gasteiger partial charge in [0.15, 0.2) is 10.9 Å². The molecule has 1 aliphatic rings. The largest absolute Gasteiger partial charge is 0.573 e. The number of amides is 2. The van der Waals surface area contributed by atoms with Gasteiger partial charge in [-0.1, -0.05) is 19.9 Å². The van der Waals surface area contributed by atoms with Gasteiger partial charge in [-0.25, -0.2) is 18.9 Å². The number of urea groups is 1. The van der Waals surface area contributed by atoms with Crippen LogP contribution in [-0.4, -0.2) is 38.4 Å². The predicted octanol–water partition coefficient (Wildman–Crippen LogP) is 6.04. The zero-order valence-electron chi connectivity index (χ0n) is 20.8. The zero-order valence-corrected chi connectivity index (χ0v) is 21.6. The van der Waals surface area contributed by atoms with Crippen LogP contribution < -0.4 is 20.7 Å². The molecule has 1 aliphatic carbocycles. The Morgan fingerprint density at radius 2 is 1.79 bits per heavy atom. The Bertz CT molecular complexity index is 1400. The number of anilines is 1. The van der Waals surface area contributed by atoms with Gasteiger partial charge in [0, 0.05) is 23.4 Å². The van der Waals surface area contributed by atoms with Gasteiger partial charge in [0.2, 0.25) is 0 Å². The third-order valence-corrected chi connectivity index (χ3v) is 5.81. The van der Waals surface area contributed by atoms with Gasteiger partial charge >= 0.3 is 12.4 Å². The molecule has 0 saturated heterocycles. The molecule has 0 radical (unpaired) electrons. The number of carbonyl (C=O) groups is 1. The summed E-state index contributed by atoms with van der Waals surface area (Å²) >= 11 is 5.21. The maximum Gasteiger partial charge on any atom is 0.573 e. The van der Waals surface area contributed by atoms with E-state index in [2.05, 4.69) is 30.8 Å². The molecule has 1 heterocycles. The first-order chi connectivity index (χ1) is 18.5. The SMILES string of the molecule is CC(C)C1=C(NC(=S)NC(=O)Nc2ccc(-c3ncn(-c4ccc(OC(F)(F)F)cc4)n3)cc2)C=CCC1F. The molecular formula is C26H24F4N6O2S. The highest BCUT2D eigenvalue weighted by atomic mass is 32.1. The number of allylic oxidation sites excluding steroid dienone is 3. The van der Waals surface area contributed by atoms with Crippen molar-refractivity contribution < 1.29 is 27.1 Å². The summed E-state index contributed by atoms with van der Waals surface area (Å²) in [7, 11) is 0. The Morgan fingerprint density at radius 3 is 2.44 bits per heavy atom. The number of carbonyl (C=O) groups excluding carboxylic acids is 1. The number of aromatic nitrogens is 3. The molecule has 0 fully saturated rings. The standard InChI is InChI=1S/C26H24F4N6O2S/c1-15(2)22-20(27)4-3-5-21(22)33-25(39)34-24(37)32-17-8-6-16(7-9-17)23-31-14-36(35-23)18-10-12-19(13-11-18)38-26(28,29)30/h3,5-15,20H,4H2,1-2H3,(H3,32,33,34,37,39). The fourth-order valence-electron chi connectivity index (χ4n) is 3.93. The summed E-state index contributed by atoms with van der Waals surface area (Å²) in [6.45, 7) is 3.79. The van der Waals surface area contributed by atoms with E-state index in [-0.39, 0.29) is 16.8 Å². The van der Waals surface area contributed by atoms with Gasteiger partial charge < -0.3 is 15.4 Å². The summed E-state index contributed by atoms with van der Waals surface area (Å²) in [5.41, 5.74) is 2.75. The minimum Gasteiger partial charge on any atom is -0.406 e. The van der Waals surface area contributed by atoms with E-state index >= 15 is 0 Å². The predicted molar refractivity (Wildman–Crippen MR) is 142 cm³/mol. The lowest BCUT2D eigenvalue weighted by Gasteiger charge is -2.23. The van der Waals surface area contributed by atoms with Crippen molar-refractivity contribution in [2.75, 3.05) is 5.32 Å². The van der Waals surface area contributed by atoms with E-state index in [0.717, 1.165) is 0 Å². The van der Waals surface area contributed by atoms with Crippen LogP contribution in [0.5, 0.6) is 5.75 Å². The molecule has 0 saturated carbocycles. The highest BCUT2D eigenvalue weighted by Gasteiger charge is 2.31. The summed E-state index contributed by atoms with van der Waals surface area (Å²) in [5, 5.41) is 12.4. The molecule has 3 aromatic rings. The van der Waals surface area contributed by atoms with E-state index in [9.17, 15) is 22.4 Å². The van der Waals surface area contributed by atoms with Crippen LogP contribution in [0.25, 0.3) is 17.1 Å². The van der Waals surface area contributed by atoms with Crippen LogP contribution in [0.1, 0.15) is 20.3 Å². The molecule has 1 unspecified atom stereocenters. The third kappa shape index (κ3) is 7.41. The van der Waals surface area contributed by atoms with E-state index in [0.29, 0.717) is 40.5 Å². The number of alkyl halides is 4. The molecule has 4 rings (SSSR count). The number of thiocarbonyl (C=S) groups is 1. The van der Waals surface area contributed by atoms with Crippen molar-refractivity contribution in [1.82, 2.24) is 25.4 Å². The molecule has 39 heavy (non-hydrogen) atoms. The Balaban J connectivity index is 1.34. The van der Waals surface area contributed by atoms with Crippen LogP contribution in [0.2, 0.25) is 0 Å². The lowest BCUT2D eigenvalue weighted by atomic mass is 9.91. The van der Waals surface area contributed by atoms with Crippen molar-refractivity contribution >= 4 is 29.0 Å². The monoisotopic (exact) mass is 560 g/mol. The molecule has 0 bridgehead atoms. The number of hydrogen-bond donors (Lipinski definition) is 3. The first kappa shape index (κ1) is 27.8. The van der Waals surface area contributed by atoms with Crippen molar-refractivity contribution in [2.45, 2.75) is 32.8 Å². The van der Waals surface area contributed by atoms with Crippen LogP contribution in [0, 0.1) is 5.92 Å². The summed E-state index contributed by atoms with van der Waals surface area (Å²) < 4.78 is 56.6. The van der Waals surface area contributed by atoms with Gasteiger partial charge in [0.05, 0.1) is 5.69 Å². The fourth-order valence-corrected chi connectivity index (χ4v) is 4.13. The lowest BCUT2D eigenvalue weighted by Crippen LogP contribution is -2.42. The highest BCUT2D eigenvalue weighted by molar-refractivity contribution is 7.80. The summed E-state index contributed by atoms with van der Waals surface area (Å²) in [4.78, 5) is 16.6. The number of benzene rings is 2. The summed E-state index contributed by atoms with van der Waals surface area (Å²) in [6, 6.07) is 11.3. The van der Waals surface area contributed by atoms with E-state index in [1.807, 2.05) is 13.8 Å². The molecule has 1 atom stereocenters. The van der Waals surface area contributed by atoms with Crippen molar-refractivity contribution in [3.8, 4) is 22.8 Å². The topological polar surface area (TPSA) is 93.1 Å². The van der Waals surface area contributed by atoms with Gasteiger partial charge in [-0.3, -0.25) is 5.32 Å². The van der Waals surface area contributed by atoms with Gasteiger partial charge in [0.25, 0.3) is 0 Å². The van der Waals surface area contributed by atoms with Crippen molar-refractivity contribution in [2.24, 2.45) is 5.92 Å². The van der Waals surface area contributed by atoms with Gasteiger partial charge in [0.1, 0.15) is 18.2 Å². The molecule has 8 nitrogen and oxygen atoms in total. The number of hydrogen-bond acceptors (Lipinski definition) is 5. The Hall–Kier alpha value is -4.26. The van der Waals surface area contributed by atoms with Gasteiger partial charge in [-0.2, -0.15) is 0 Å². The molecule has 1 aromatic heterocycles. The molecule has 0 aliphatic heterocycles. The molecule has 2 aromatic carbocycles. The Kier molecular flexibility index (Phi) is 8.29. The van der Waals surface area contributed by atoms with E-state index in [1.165, 1.54) is 35.3 Å². The number of halogens is 4.